The molecule has 2 aromatic rings. The van der Waals surface area contributed by atoms with E-state index in [1.165, 1.54) is 22.3 Å². The third-order valence-electron chi connectivity index (χ3n) is 3.36. The normalized spacial score (nSPS) is 12.4. The second kappa shape index (κ2) is 5.83. The third-order valence-corrected chi connectivity index (χ3v) is 3.36. The Labute approximate surface area is 110 Å². The Hall–Kier alpha value is -1.60. The molecule has 1 unspecified atom stereocenters. The predicted octanol–water partition coefficient (Wildman–Crippen LogP) is 3.87. The number of hydrogen-bond acceptors (Lipinski definition) is 1. The van der Waals surface area contributed by atoms with E-state index in [9.17, 15) is 0 Å². The molecule has 1 atom stereocenters. The lowest BCUT2D eigenvalue weighted by atomic mass is 9.96. The van der Waals surface area contributed by atoms with Crippen molar-refractivity contribution in [2.24, 2.45) is 0 Å². The predicted molar refractivity (Wildman–Crippen MR) is 77.9 cm³/mol. The van der Waals surface area contributed by atoms with Gasteiger partial charge in [0.1, 0.15) is 0 Å². The summed E-state index contributed by atoms with van der Waals surface area (Å²) >= 11 is 0. The van der Waals surface area contributed by atoms with Crippen molar-refractivity contribution in [1.82, 2.24) is 5.32 Å². The summed E-state index contributed by atoms with van der Waals surface area (Å²) in [5, 5.41) is 3.41. The topological polar surface area (TPSA) is 12.0 Å². The first kappa shape index (κ1) is 12.8. The van der Waals surface area contributed by atoms with Crippen LogP contribution in [0.3, 0.4) is 0 Å². The molecule has 0 aromatic heterocycles. The van der Waals surface area contributed by atoms with Crippen molar-refractivity contribution in [2.45, 2.75) is 26.3 Å². The smallest absolute Gasteiger partial charge is 0.0574 e. The van der Waals surface area contributed by atoms with E-state index in [0.29, 0.717) is 0 Å². The summed E-state index contributed by atoms with van der Waals surface area (Å²) in [6, 6.07) is 17.8. The van der Waals surface area contributed by atoms with Gasteiger partial charge in [-0.05, 0) is 37.1 Å². The van der Waals surface area contributed by atoms with Gasteiger partial charge in [-0.25, -0.2) is 0 Å². The SMILES string of the molecule is CCc1cccc(C(NC)c2cccc(C)c2)c1. The maximum Gasteiger partial charge on any atom is 0.0574 e. The molecule has 1 nitrogen and oxygen atoms in total. The second-order valence-corrected chi connectivity index (χ2v) is 4.73. The van der Waals surface area contributed by atoms with Crippen LogP contribution in [0.5, 0.6) is 0 Å². The van der Waals surface area contributed by atoms with Crippen molar-refractivity contribution in [1.29, 1.82) is 0 Å². The molecular weight excluding hydrogens is 218 g/mol. The minimum absolute atomic E-state index is 0.274. The Morgan fingerprint density at radius 2 is 1.67 bits per heavy atom. The van der Waals surface area contributed by atoms with Gasteiger partial charge in [0, 0.05) is 0 Å². The molecule has 1 N–H and O–H groups in total. The minimum atomic E-state index is 0.274. The van der Waals surface area contributed by atoms with Crippen molar-refractivity contribution >= 4 is 0 Å². The van der Waals surface area contributed by atoms with E-state index in [2.05, 4.69) is 67.7 Å². The summed E-state index contributed by atoms with van der Waals surface area (Å²) in [6.45, 7) is 4.33. The maximum atomic E-state index is 3.41. The molecular formula is C17H21N. The van der Waals surface area contributed by atoms with Crippen LogP contribution in [-0.4, -0.2) is 7.05 Å². The van der Waals surface area contributed by atoms with E-state index in [1.807, 2.05) is 7.05 Å². The van der Waals surface area contributed by atoms with E-state index >= 15 is 0 Å². The Kier molecular flexibility index (Phi) is 4.16. The first-order chi connectivity index (χ1) is 8.74. The summed E-state index contributed by atoms with van der Waals surface area (Å²) in [6.07, 6.45) is 1.08. The van der Waals surface area contributed by atoms with Crippen LogP contribution in [0.4, 0.5) is 0 Å². The van der Waals surface area contributed by atoms with Crippen LogP contribution in [0.2, 0.25) is 0 Å². The fourth-order valence-electron chi connectivity index (χ4n) is 2.37. The van der Waals surface area contributed by atoms with Crippen molar-refractivity contribution in [3.05, 3.63) is 70.8 Å². The molecule has 0 saturated heterocycles. The fourth-order valence-corrected chi connectivity index (χ4v) is 2.37. The van der Waals surface area contributed by atoms with Gasteiger partial charge in [-0.3, -0.25) is 0 Å². The van der Waals surface area contributed by atoms with Crippen LogP contribution in [0.1, 0.15) is 35.2 Å². The van der Waals surface area contributed by atoms with Crippen molar-refractivity contribution in [2.75, 3.05) is 7.05 Å². The molecule has 0 saturated carbocycles. The molecule has 0 radical (unpaired) electrons. The van der Waals surface area contributed by atoms with Gasteiger partial charge in [0.05, 0.1) is 6.04 Å². The molecule has 0 heterocycles. The zero-order valence-corrected chi connectivity index (χ0v) is 11.4. The van der Waals surface area contributed by atoms with E-state index in [4.69, 9.17) is 0 Å². The van der Waals surface area contributed by atoms with Gasteiger partial charge in [0.2, 0.25) is 0 Å². The summed E-state index contributed by atoms with van der Waals surface area (Å²) in [7, 11) is 2.02. The maximum absolute atomic E-state index is 3.41. The molecule has 1 heteroatoms. The highest BCUT2D eigenvalue weighted by molar-refractivity contribution is 5.35. The van der Waals surface area contributed by atoms with Crippen LogP contribution < -0.4 is 5.32 Å². The van der Waals surface area contributed by atoms with E-state index in [1.54, 1.807) is 0 Å². The standard InChI is InChI=1S/C17H21N/c1-4-14-8-6-10-16(12-14)17(18-3)15-9-5-7-13(2)11-15/h5-12,17-18H,4H2,1-3H3. The van der Waals surface area contributed by atoms with Crippen LogP contribution in [-0.2, 0) is 6.42 Å². The summed E-state index contributed by atoms with van der Waals surface area (Å²) in [4.78, 5) is 0. The van der Waals surface area contributed by atoms with Gasteiger partial charge in [-0.1, -0.05) is 61.0 Å². The molecule has 2 rings (SSSR count). The number of aryl methyl sites for hydroxylation is 2. The fraction of sp³-hybridized carbons (Fsp3) is 0.294. The average molecular weight is 239 g/mol. The number of benzene rings is 2. The Morgan fingerprint density at radius 3 is 2.28 bits per heavy atom. The number of rotatable bonds is 4. The van der Waals surface area contributed by atoms with Crippen molar-refractivity contribution < 1.29 is 0 Å². The van der Waals surface area contributed by atoms with Gasteiger partial charge < -0.3 is 5.32 Å². The Balaban J connectivity index is 2.38. The van der Waals surface area contributed by atoms with E-state index < -0.39 is 0 Å². The molecule has 0 spiro atoms. The molecule has 0 bridgehead atoms. The summed E-state index contributed by atoms with van der Waals surface area (Å²) < 4.78 is 0. The summed E-state index contributed by atoms with van der Waals surface area (Å²) in [5.74, 6) is 0. The van der Waals surface area contributed by atoms with Crippen LogP contribution in [0, 0.1) is 6.92 Å². The van der Waals surface area contributed by atoms with Gasteiger partial charge >= 0.3 is 0 Å². The second-order valence-electron chi connectivity index (χ2n) is 4.73. The minimum Gasteiger partial charge on any atom is -0.309 e. The molecule has 18 heavy (non-hydrogen) atoms. The number of hydrogen-bond donors (Lipinski definition) is 1. The zero-order chi connectivity index (χ0) is 13.0. The average Bonchev–Trinajstić information content (AvgIpc) is 2.40. The highest BCUT2D eigenvalue weighted by Gasteiger charge is 2.11. The quantitative estimate of drug-likeness (QED) is 0.854. The molecule has 0 fully saturated rings. The van der Waals surface area contributed by atoms with Crippen molar-refractivity contribution in [3.63, 3.8) is 0 Å². The molecule has 0 aliphatic rings. The van der Waals surface area contributed by atoms with Gasteiger partial charge in [-0.15, -0.1) is 0 Å². The lowest BCUT2D eigenvalue weighted by molar-refractivity contribution is 0.690. The largest absolute Gasteiger partial charge is 0.309 e. The van der Waals surface area contributed by atoms with Gasteiger partial charge in [0.15, 0.2) is 0 Å². The summed E-state index contributed by atoms with van der Waals surface area (Å²) in [5.41, 5.74) is 5.35. The highest BCUT2D eigenvalue weighted by Crippen LogP contribution is 2.23. The highest BCUT2D eigenvalue weighted by atomic mass is 14.9. The number of nitrogens with one attached hydrogen (secondary N) is 1. The molecule has 0 aliphatic carbocycles. The molecule has 0 aliphatic heterocycles. The lowest BCUT2D eigenvalue weighted by Crippen LogP contribution is -2.17. The van der Waals surface area contributed by atoms with Crippen LogP contribution >= 0.6 is 0 Å². The molecule has 94 valence electrons. The van der Waals surface area contributed by atoms with Gasteiger partial charge in [0.25, 0.3) is 0 Å². The van der Waals surface area contributed by atoms with Crippen LogP contribution in [0.25, 0.3) is 0 Å². The van der Waals surface area contributed by atoms with E-state index in [-0.39, 0.29) is 6.04 Å². The zero-order valence-electron chi connectivity index (χ0n) is 11.4. The molecule has 0 amide bonds. The Bertz CT molecular complexity index is 517. The monoisotopic (exact) mass is 239 g/mol. The first-order valence-corrected chi connectivity index (χ1v) is 6.57. The van der Waals surface area contributed by atoms with Crippen molar-refractivity contribution in [3.8, 4) is 0 Å². The van der Waals surface area contributed by atoms with E-state index in [0.717, 1.165) is 6.42 Å². The molecule has 2 aromatic carbocycles. The van der Waals surface area contributed by atoms with Crippen LogP contribution in [0.15, 0.2) is 48.5 Å². The van der Waals surface area contributed by atoms with Gasteiger partial charge in [-0.2, -0.15) is 0 Å². The first-order valence-electron chi connectivity index (χ1n) is 6.57. The Morgan fingerprint density at radius 1 is 1.00 bits per heavy atom. The lowest BCUT2D eigenvalue weighted by Gasteiger charge is -2.18. The third kappa shape index (κ3) is 2.80.